The van der Waals surface area contributed by atoms with Crippen LogP contribution >= 0.6 is 27.5 Å². The molecule has 1 aromatic heterocycles. The molecule has 0 atom stereocenters. The molecule has 0 saturated carbocycles. The summed E-state index contributed by atoms with van der Waals surface area (Å²) in [5.41, 5.74) is 2.12. The van der Waals surface area contributed by atoms with Crippen LogP contribution in [-0.2, 0) is 13.1 Å². The summed E-state index contributed by atoms with van der Waals surface area (Å²) in [5, 5.41) is 4.03. The minimum absolute atomic E-state index is 0.718. The normalized spacial score (nSPS) is 10.5. The molecule has 17 heavy (non-hydrogen) atoms. The smallest absolute Gasteiger partial charge is 0.115 e. The number of halogens is 2. The molecule has 2 rings (SSSR count). The highest BCUT2D eigenvalue weighted by atomic mass is 79.9. The first kappa shape index (κ1) is 12.5. The Bertz CT molecular complexity index is 490. The quantitative estimate of drug-likeness (QED) is 0.942. The number of benzene rings is 1. The molecule has 0 unspecified atom stereocenters. The van der Waals surface area contributed by atoms with Gasteiger partial charge >= 0.3 is 0 Å². The van der Waals surface area contributed by atoms with E-state index in [4.69, 9.17) is 11.6 Å². The van der Waals surface area contributed by atoms with E-state index in [9.17, 15) is 0 Å². The highest BCUT2D eigenvalue weighted by molar-refractivity contribution is 9.10. The lowest BCUT2D eigenvalue weighted by atomic mass is 10.2. The fraction of sp³-hybridized carbons (Fsp3) is 0.167. The van der Waals surface area contributed by atoms with Gasteiger partial charge in [-0.1, -0.05) is 17.7 Å². The van der Waals surface area contributed by atoms with Gasteiger partial charge in [0.2, 0.25) is 0 Å². The van der Waals surface area contributed by atoms with Crippen LogP contribution in [0.15, 0.2) is 41.3 Å². The number of nitrogens with zero attached hydrogens (tertiary/aromatic N) is 2. The highest BCUT2D eigenvalue weighted by Gasteiger charge is 1.99. The van der Waals surface area contributed by atoms with Crippen molar-refractivity contribution in [2.45, 2.75) is 13.1 Å². The van der Waals surface area contributed by atoms with E-state index in [0.717, 1.165) is 33.8 Å². The lowest BCUT2D eigenvalue weighted by Crippen LogP contribution is -2.13. The third-order valence-electron chi connectivity index (χ3n) is 2.26. The van der Waals surface area contributed by atoms with Crippen LogP contribution in [-0.4, -0.2) is 9.97 Å². The van der Waals surface area contributed by atoms with Gasteiger partial charge in [0.15, 0.2) is 0 Å². The van der Waals surface area contributed by atoms with Crippen molar-refractivity contribution >= 4 is 27.5 Å². The Labute approximate surface area is 113 Å². The Morgan fingerprint density at radius 3 is 2.82 bits per heavy atom. The summed E-state index contributed by atoms with van der Waals surface area (Å²) in [6.07, 6.45) is 3.29. The number of hydrogen-bond acceptors (Lipinski definition) is 3. The van der Waals surface area contributed by atoms with E-state index in [2.05, 4.69) is 31.2 Å². The molecule has 1 heterocycles. The molecule has 0 bridgehead atoms. The topological polar surface area (TPSA) is 37.8 Å². The zero-order chi connectivity index (χ0) is 12.1. The van der Waals surface area contributed by atoms with Gasteiger partial charge in [0.05, 0.1) is 10.7 Å². The molecule has 0 amide bonds. The maximum Gasteiger partial charge on any atom is 0.115 e. The second kappa shape index (κ2) is 6.10. The average molecular weight is 313 g/mol. The van der Waals surface area contributed by atoms with E-state index in [0.29, 0.717) is 0 Å². The summed E-state index contributed by atoms with van der Waals surface area (Å²) < 4.78 is 0.915. The van der Waals surface area contributed by atoms with Gasteiger partial charge in [-0.2, -0.15) is 0 Å². The molecule has 0 spiro atoms. The van der Waals surface area contributed by atoms with E-state index < -0.39 is 0 Å². The van der Waals surface area contributed by atoms with E-state index >= 15 is 0 Å². The molecule has 0 aliphatic carbocycles. The molecule has 0 radical (unpaired) electrons. The van der Waals surface area contributed by atoms with Crippen LogP contribution in [0.25, 0.3) is 0 Å². The zero-order valence-electron chi connectivity index (χ0n) is 9.03. The molecular formula is C12H11BrClN3. The van der Waals surface area contributed by atoms with Crippen molar-refractivity contribution in [3.63, 3.8) is 0 Å². The Kier molecular flexibility index (Phi) is 4.48. The van der Waals surface area contributed by atoms with Gasteiger partial charge < -0.3 is 5.32 Å². The fourth-order valence-electron chi connectivity index (χ4n) is 1.41. The molecule has 3 nitrogen and oxygen atoms in total. The maximum atomic E-state index is 6.01. The summed E-state index contributed by atoms with van der Waals surface area (Å²) in [7, 11) is 0. The summed E-state index contributed by atoms with van der Waals surface area (Å²) in [6, 6.07) is 7.81. The molecule has 0 saturated heterocycles. The van der Waals surface area contributed by atoms with Gasteiger partial charge in [-0.15, -0.1) is 0 Å². The highest BCUT2D eigenvalue weighted by Crippen LogP contribution is 2.23. The first-order valence-electron chi connectivity index (χ1n) is 5.15. The van der Waals surface area contributed by atoms with Gasteiger partial charge in [-0.05, 0) is 39.7 Å². The number of hydrogen-bond donors (Lipinski definition) is 1. The summed E-state index contributed by atoms with van der Waals surface area (Å²) in [5.74, 6) is 0. The van der Waals surface area contributed by atoms with Crippen LogP contribution in [0.2, 0.25) is 5.02 Å². The van der Waals surface area contributed by atoms with Crippen LogP contribution < -0.4 is 5.32 Å². The fourth-order valence-corrected chi connectivity index (χ4v) is 1.86. The van der Waals surface area contributed by atoms with Crippen molar-refractivity contribution in [1.82, 2.24) is 15.3 Å². The number of nitrogens with one attached hydrogen (secondary N) is 1. The van der Waals surface area contributed by atoms with Crippen molar-refractivity contribution in [2.24, 2.45) is 0 Å². The van der Waals surface area contributed by atoms with Gasteiger partial charge in [0, 0.05) is 23.8 Å². The Morgan fingerprint density at radius 2 is 2.12 bits per heavy atom. The summed E-state index contributed by atoms with van der Waals surface area (Å²) >= 11 is 9.38. The first-order valence-corrected chi connectivity index (χ1v) is 6.32. The molecule has 5 heteroatoms. The summed E-state index contributed by atoms with van der Waals surface area (Å²) in [6.45, 7) is 1.48. The summed E-state index contributed by atoms with van der Waals surface area (Å²) in [4.78, 5) is 8.01. The molecule has 1 N–H and O–H groups in total. The van der Waals surface area contributed by atoms with Crippen LogP contribution in [0.1, 0.15) is 11.3 Å². The zero-order valence-corrected chi connectivity index (χ0v) is 11.4. The van der Waals surface area contributed by atoms with Gasteiger partial charge in [0.25, 0.3) is 0 Å². The molecule has 2 aromatic rings. The average Bonchev–Trinajstić information content (AvgIpc) is 2.35. The van der Waals surface area contributed by atoms with Crippen LogP contribution in [0, 0.1) is 0 Å². The van der Waals surface area contributed by atoms with Crippen LogP contribution in [0.3, 0.4) is 0 Å². The predicted molar refractivity (Wildman–Crippen MR) is 71.7 cm³/mol. The Morgan fingerprint density at radius 1 is 1.24 bits per heavy atom. The SMILES string of the molecule is Clc1cc(CNCc2ccncn2)ccc1Br. The number of rotatable bonds is 4. The van der Waals surface area contributed by atoms with Crippen LogP contribution in [0.4, 0.5) is 0 Å². The molecule has 88 valence electrons. The third-order valence-corrected chi connectivity index (χ3v) is 3.49. The van der Waals surface area contributed by atoms with E-state index in [1.165, 1.54) is 0 Å². The second-order valence-electron chi connectivity index (χ2n) is 3.55. The monoisotopic (exact) mass is 311 g/mol. The molecule has 1 aromatic carbocycles. The van der Waals surface area contributed by atoms with Gasteiger partial charge in [0.1, 0.15) is 6.33 Å². The molecular weight excluding hydrogens is 302 g/mol. The minimum atomic E-state index is 0.718. The Balaban J connectivity index is 1.88. The number of aromatic nitrogens is 2. The largest absolute Gasteiger partial charge is 0.307 e. The predicted octanol–water partition coefficient (Wildman–Crippen LogP) is 3.18. The van der Waals surface area contributed by atoms with Gasteiger partial charge in [-0.25, -0.2) is 9.97 Å². The third kappa shape index (κ3) is 3.77. The van der Waals surface area contributed by atoms with E-state index in [-0.39, 0.29) is 0 Å². The lowest BCUT2D eigenvalue weighted by molar-refractivity contribution is 0.678. The standard InChI is InChI=1S/C12H11BrClN3/c13-11-2-1-9(5-12(11)14)6-16-7-10-3-4-15-8-17-10/h1-5,8,16H,6-7H2. The van der Waals surface area contributed by atoms with Crippen molar-refractivity contribution in [1.29, 1.82) is 0 Å². The van der Waals surface area contributed by atoms with Crippen molar-refractivity contribution in [3.8, 4) is 0 Å². The van der Waals surface area contributed by atoms with Crippen molar-refractivity contribution in [3.05, 3.63) is 57.5 Å². The van der Waals surface area contributed by atoms with E-state index in [1.54, 1.807) is 12.5 Å². The Hall–Kier alpha value is -0.970. The van der Waals surface area contributed by atoms with E-state index in [1.807, 2.05) is 24.3 Å². The second-order valence-corrected chi connectivity index (χ2v) is 4.81. The van der Waals surface area contributed by atoms with Crippen molar-refractivity contribution < 1.29 is 0 Å². The lowest BCUT2D eigenvalue weighted by Gasteiger charge is -2.05. The maximum absolute atomic E-state index is 6.01. The molecule has 0 aliphatic rings. The molecule has 0 aliphatic heterocycles. The first-order chi connectivity index (χ1) is 8.25. The van der Waals surface area contributed by atoms with Gasteiger partial charge in [-0.3, -0.25) is 0 Å². The van der Waals surface area contributed by atoms with Crippen molar-refractivity contribution in [2.75, 3.05) is 0 Å². The minimum Gasteiger partial charge on any atom is -0.307 e. The molecule has 0 fully saturated rings. The van der Waals surface area contributed by atoms with Crippen LogP contribution in [0.5, 0.6) is 0 Å².